The molecule has 0 amide bonds. The van der Waals surface area contributed by atoms with E-state index >= 15 is 0 Å². The molecule has 0 saturated heterocycles. The van der Waals surface area contributed by atoms with E-state index in [0.717, 1.165) is 18.5 Å². The second-order valence-electron chi connectivity index (χ2n) is 4.99. The van der Waals surface area contributed by atoms with Gasteiger partial charge < -0.3 is 9.64 Å². The van der Waals surface area contributed by atoms with Crippen LogP contribution in [0.15, 0.2) is 24.3 Å². The second kappa shape index (κ2) is 8.57. The number of hydrogen-bond donors (Lipinski definition) is 0. The summed E-state index contributed by atoms with van der Waals surface area (Å²) < 4.78 is 5.26. The van der Waals surface area contributed by atoms with Gasteiger partial charge in [0.25, 0.3) is 0 Å². The van der Waals surface area contributed by atoms with Crippen LogP contribution in [-0.4, -0.2) is 26.7 Å². The first kappa shape index (κ1) is 15.5. The number of nitrogens with zero attached hydrogens (tertiary/aromatic N) is 1. The quantitative estimate of drug-likeness (QED) is 0.526. The molecule has 0 aromatic heterocycles. The average molecular weight is 263 g/mol. The highest BCUT2D eigenvalue weighted by molar-refractivity contribution is 5.89. The molecule has 0 spiro atoms. The molecule has 0 fully saturated rings. The Morgan fingerprint density at radius 3 is 2.26 bits per heavy atom. The van der Waals surface area contributed by atoms with Crippen LogP contribution in [0.1, 0.15) is 49.4 Å². The van der Waals surface area contributed by atoms with E-state index in [2.05, 4.69) is 6.92 Å². The van der Waals surface area contributed by atoms with Gasteiger partial charge in [0, 0.05) is 19.8 Å². The first-order chi connectivity index (χ1) is 9.15. The minimum Gasteiger partial charge on any atom is -0.462 e. The summed E-state index contributed by atoms with van der Waals surface area (Å²) >= 11 is 0. The molecule has 3 heteroatoms. The highest BCUT2D eigenvalue weighted by atomic mass is 16.5. The molecule has 1 aromatic carbocycles. The van der Waals surface area contributed by atoms with Gasteiger partial charge >= 0.3 is 5.97 Å². The average Bonchev–Trinajstić information content (AvgIpc) is 2.42. The largest absolute Gasteiger partial charge is 0.462 e. The van der Waals surface area contributed by atoms with Crippen molar-refractivity contribution in [1.29, 1.82) is 0 Å². The lowest BCUT2D eigenvalue weighted by molar-refractivity contribution is 0.0497. The van der Waals surface area contributed by atoms with Crippen LogP contribution in [0.3, 0.4) is 0 Å². The van der Waals surface area contributed by atoms with Crippen molar-refractivity contribution < 1.29 is 9.53 Å². The number of hydrogen-bond acceptors (Lipinski definition) is 3. The van der Waals surface area contributed by atoms with Crippen LogP contribution in [0, 0.1) is 0 Å². The van der Waals surface area contributed by atoms with Gasteiger partial charge in [-0.05, 0) is 30.7 Å². The Hall–Kier alpha value is -1.51. The maximum atomic E-state index is 11.8. The molecule has 0 N–H and O–H groups in total. The van der Waals surface area contributed by atoms with Gasteiger partial charge in [-0.1, -0.05) is 32.6 Å². The van der Waals surface area contributed by atoms with Crippen LogP contribution in [-0.2, 0) is 4.74 Å². The number of unbranched alkanes of at least 4 members (excludes halogenated alkanes) is 4. The summed E-state index contributed by atoms with van der Waals surface area (Å²) in [7, 11) is 3.95. The molecule has 0 saturated carbocycles. The Balaban J connectivity index is 2.29. The molecule has 1 aromatic rings. The van der Waals surface area contributed by atoms with E-state index in [1.54, 1.807) is 0 Å². The minimum absolute atomic E-state index is 0.221. The minimum atomic E-state index is -0.221. The highest BCUT2D eigenvalue weighted by Crippen LogP contribution is 2.13. The van der Waals surface area contributed by atoms with E-state index in [4.69, 9.17) is 4.74 Å². The Kier molecular flexibility index (Phi) is 7.01. The predicted molar refractivity (Wildman–Crippen MR) is 79.8 cm³/mol. The van der Waals surface area contributed by atoms with Crippen molar-refractivity contribution in [3.63, 3.8) is 0 Å². The Morgan fingerprint density at radius 2 is 1.68 bits per heavy atom. The van der Waals surface area contributed by atoms with Crippen LogP contribution in [0.5, 0.6) is 0 Å². The van der Waals surface area contributed by atoms with Gasteiger partial charge in [0.15, 0.2) is 0 Å². The summed E-state index contributed by atoms with van der Waals surface area (Å²) in [6.07, 6.45) is 5.83. The molecule has 19 heavy (non-hydrogen) atoms. The van der Waals surface area contributed by atoms with Crippen LogP contribution >= 0.6 is 0 Å². The van der Waals surface area contributed by atoms with E-state index in [-0.39, 0.29) is 5.97 Å². The molecule has 0 aliphatic rings. The van der Waals surface area contributed by atoms with Crippen molar-refractivity contribution >= 4 is 11.7 Å². The van der Waals surface area contributed by atoms with E-state index in [0.29, 0.717) is 12.2 Å². The van der Waals surface area contributed by atoms with Crippen LogP contribution in [0.2, 0.25) is 0 Å². The summed E-state index contributed by atoms with van der Waals surface area (Å²) in [4.78, 5) is 13.8. The summed E-state index contributed by atoms with van der Waals surface area (Å²) in [5.74, 6) is -0.221. The van der Waals surface area contributed by atoms with Crippen molar-refractivity contribution in [2.75, 3.05) is 25.6 Å². The van der Waals surface area contributed by atoms with Crippen molar-refractivity contribution in [3.05, 3.63) is 29.8 Å². The van der Waals surface area contributed by atoms with Gasteiger partial charge in [0.05, 0.1) is 12.2 Å². The topological polar surface area (TPSA) is 29.5 Å². The lowest BCUT2D eigenvalue weighted by Gasteiger charge is -2.12. The molecule has 106 valence electrons. The molecule has 0 aliphatic heterocycles. The SMILES string of the molecule is CCCCCCCOC(=O)c1ccc(N(C)C)cc1. The lowest BCUT2D eigenvalue weighted by Crippen LogP contribution is -2.10. The molecule has 0 aliphatic carbocycles. The van der Waals surface area contributed by atoms with E-state index < -0.39 is 0 Å². The zero-order chi connectivity index (χ0) is 14.1. The molecule has 0 bridgehead atoms. The van der Waals surface area contributed by atoms with E-state index in [1.165, 1.54) is 19.3 Å². The number of ether oxygens (including phenoxy) is 1. The van der Waals surface area contributed by atoms with Gasteiger partial charge in [-0.25, -0.2) is 4.79 Å². The van der Waals surface area contributed by atoms with Gasteiger partial charge in [-0.15, -0.1) is 0 Å². The standard InChI is InChI=1S/C16H25NO2/c1-4-5-6-7-8-13-19-16(18)14-9-11-15(12-10-14)17(2)3/h9-12H,4-8,13H2,1-3H3. The Bertz CT molecular complexity index is 371. The second-order valence-corrected chi connectivity index (χ2v) is 4.99. The number of carbonyl (C=O) groups excluding carboxylic acids is 1. The van der Waals surface area contributed by atoms with E-state index in [9.17, 15) is 4.79 Å². The molecule has 0 atom stereocenters. The number of benzene rings is 1. The number of anilines is 1. The Labute approximate surface area is 116 Å². The van der Waals surface area contributed by atoms with Crippen LogP contribution in [0.25, 0.3) is 0 Å². The predicted octanol–water partition coefficient (Wildman–Crippen LogP) is 3.88. The summed E-state index contributed by atoms with van der Waals surface area (Å²) in [6, 6.07) is 7.49. The number of carbonyl (C=O) groups is 1. The molecular weight excluding hydrogens is 238 g/mol. The number of esters is 1. The third kappa shape index (κ3) is 5.77. The first-order valence-electron chi connectivity index (χ1n) is 7.09. The van der Waals surface area contributed by atoms with Gasteiger partial charge in [0.2, 0.25) is 0 Å². The monoisotopic (exact) mass is 263 g/mol. The Morgan fingerprint density at radius 1 is 1.05 bits per heavy atom. The van der Waals surface area contributed by atoms with Gasteiger partial charge in [-0.3, -0.25) is 0 Å². The lowest BCUT2D eigenvalue weighted by atomic mass is 10.2. The molecule has 3 nitrogen and oxygen atoms in total. The zero-order valence-corrected chi connectivity index (χ0v) is 12.3. The molecule has 0 heterocycles. The third-order valence-corrected chi connectivity index (χ3v) is 3.10. The molecule has 0 unspecified atom stereocenters. The molecular formula is C16H25NO2. The van der Waals surface area contributed by atoms with Crippen molar-refractivity contribution in [1.82, 2.24) is 0 Å². The van der Waals surface area contributed by atoms with Crippen LogP contribution in [0.4, 0.5) is 5.69 Å². The van der Waals surface area contributed by atoms with Crippen molar-refractivity contribution in [2.24, 2.45) is 0 Å². The smallest absolute Gasteiger partial charge is 0.338 e. The third-order valence-electron chi connectivity index (χ3n) is 3.10. The fourth-order valence-corrected chi connectivity index (χ4v) is 1.85. The first-order valence-corrected chi connectivity index (χ1v) is 7.09. The van der Waals surface area contributed by atoms with E-state index in [1.807, 2.05) is 43.3 Å². The summed E-state index contributed by atoms with van der Waals surface area (Å²) in [5, 5.41) is 0. The fourth-order valence-electron chi connectivity index (χ4n) is 1.85. The summed E-state index contributed by atoms with van der Waals surface area (Å²) in [5.41, 5.74) is 1.70. The summed E-state index contributed by atoms with van der Waals surface area (Å²) in [6.45, 7) is 2.72. The maximum absolute atomic E-state index is 11.8. The fraction of sp³-hybridized carbons (Fsp3) is 0.562. The van der Waals surface area contributed by atoms with Crippen LogP contribution < -0.4 is 4.90 Å². The van der Waals surface area contributed by atoms with Gasteiger partial charge in [-0.2, -0.15) is 0 Å². The number of rotatable bonds is 8. The van der Waals surface area contributed by atoms with Crippen molar-refractivity contribution in [2.45, 2.75) is 39.0 Å². The zero-order valence-electron chi connectivity index (χ0n) is 12.3. The van der Waals surface area contributed by atoms with Gasteiger partial charge in [0.1, 0.15) is 0 Å². The van der Waals surface area contributed by atoms with Crippen molar-refractivity contribution in [3.8, 4) is 0 Å². The normalized spacial score (nSPS) is 10.3. The highest BCUT2D eigenvalue weighted by Gasteiger charge is 2.06. The molecule has 0 radical (unpaired) electrons. The molecule has 1 rings (SSSR count). The maximum Gasteiger partial charge on any atom is 0.338 e.